The summed E-state index contributed by atoms with van der Waals surface area (Å²) < 4.78 is 5.88. The van der Waals surface area contributed by atoms with Crippen LogP contribution in [0.2, 0.25) is 0 Å². The average molecular weight is 450 g/mol. The molecule has 1 aromatic heterocycles. The molecule has 3 atom stereocenters. The average Bonchev–Trinajstić information content (AvgIpc) is 3.51. The third-order valence-corrected chi connectivity index (χ3v) is 7.98. The quantitative estimate of drug-likeness (QED) is 0.560. The zero-order valence-electron chi connectivity index (χ0n) is 20.1. The van der Waals surface area contributed by atoms with Crippen molar-refractivity contribution in [3.63, 3.8) is 0 Å². The van der Waals surface area contributed by atoms with E-state index < -0.39 is 0 Å². The van der Waals surface area contributed by atoms with Crippen molar-refractivity contribution in [3.05, 3.63) is 60.5 Å². The minimum absolute atomic E-state index is 0.0532. The Balaban J connectivity index is 0.000000385. The largest absolute Gasteiger partial charge is 0.376 e. The van der Waals surface area contributed by atoms with Crippen molar-refractivity contribution in [1.29, 1.82) is 0 Å². The number of nitrogens with zero attached hydrogens (tertiary/aromatic N) is 2. The van der Waals surface area contributed by atoms with Gasteiger partial charge >= 0.3 is 0 Å². The van der Waals surface area contributed by atoms with E-state index in [2.05, 4.69) is 41.3 Å². The first kappa shape index (κ1) is 23.7. The Kier molecular flexibility index (Phi) is 7.69. The maximum absolute atomic E-state index is 13.7. The second-order valence-electron chi connectivity index (χ2n) is 10.2. The molecule has 33 heavy (non-hydrogen) atoms. The van der Waals surface area contributed by atoms with Crippen LogP contribution in [0.15, 0.2) is 49.2 Å². The molecule has 0 radical (unpaired) electrons. The summed E-state index contributed by atoms with van der Waals surface area (Å²) in [6.07, 6.45) is 20.6. The van der Waals surface area contributed by atoms with Gasteiger partial charge in [-0.25, -0.2) is 0 Å². The number of aromatic amines is 1. The molecule has 3 fully saturated rings. The molecular weight excluding hydrogens is 410 g/mol. The van der Waals surface area contributed by atoms with Crippen LogP contribution in [0.1, 0.15) is 63.1 Å². The molecule has 5 heteroatoms. The molecule has 0 bridgehead atoms. The number of ether oxygens (including phenoxy) is 1. The molecule has 1 saturated heterocycles. The zero-order valence-corrected chi connectivity index (χ0v) is 20.1. The molecule has 4 aliphatic rings. The van der Waals surface area contributed by atoms with E-state index >= 15 is 0 Å². The van der Waals surface area contributed by atoms with Crippen molar-refractivity contribution in [2.24, 2.45) is 17.3 Å². The monoisotopic (exact) mass is 449 g/mol. The fourth-order valence-electron chi connectivity index (χ4n) is 5.81. The highest BCUT2D eigenvalue weighted by Crippen LogP contribution is 2.53. The summed E-state index contributed by atoms with van der Waals surface area (Å²) in [7, 11) is 0. The Labute approximate surface area is 198 Å². The molecule has 1 N–H and O–H groups in total. The summed E-state index contributed by atoms with van der Waals surface area (Å²) >= 11 is 0. The number of hydrogen-bond donors (Lipinski definition) is 1. The van der Waals surface area contributed by atoms with Crippen LogP contribution in [0.4, 0.5) is 0 Å². The minimum atomic E-state index is -0.0532. The second-order valence-corrected chi connectivity index (χ2v) is 10.2. The van der Waals surface area contributed by atoms with Gasteiger partial charge in [0.25, 0.3) is 0 Å². The smallest absolute Gasteiger partial charge is 0.226 e. The van der Waals surface area contributed by atoms with Crippen LogP contribution in [-0.4, -0.2) is 46.8 Å². The van der Waals surface area contributed by atoms with Crippen LogP contribution in [0, 0.1) is 17.3 Å². The van der Waals surface area contributed by atoms with Crippen LogP contribution in [-0.2, 0) is 16.0 Å². The lowest BCUT2D eigenvalue weighted by Crippen LogP contribution is -2.47. The topological polar surface area (TPSA) is 58.2 Å². The van der Waals surface area contributed by atoms with Gasteiger partial charge < -0.3 is 9.64 Å². The molecule has 0 aromatic carbocycles. The first-order chi connectivity index (χ1) is 16.0. The van der Waals surface area contributed by atoms with Gasteiger partial charge in [0.2, 0.25) is 5.91 Å². The van der Waals surface area contributed by atoms with Crippen molar-refractivity contribution < 1.29 is 9.53 Å². The van der Waals surface area contributed by atoms with Gasteiger partial charge in [0.15, 0.2) is 0 Å². The van der Waals surface area contributed by atoms with Gasteiger partial charge in [-0.1, -0.05) is 56.4 Å². The predicted molar refractivity (Wildman–Crippen MR) is 134 cm³/mol. The number of hydrogen-bond acceptors (Lipinski definition) is 3. The molecule has 2 heterocycles. The molecule has 5 rings (SSSR count). The number of fused-ring (bicyclic) bond motifs is 2. The van der Waals surface area contributed by atoms with E-state index in [-0.39, 0.29) is 17.4 Å². The molecule has 5 nitrogen and oxygen atoms in total. The maximum Gasteiger partial charge on any atom is 0.226 e. The number of H-pyrrole nitrogens is 1. The molecule has 1 amide bonds. The van der Waals surface area contributed by atoms with Crippen LogP contribution >= 0.6 is 0 Å². The highest BCUT2D eigenvalue weighted by atomic mass is 16.5. The summed E-state index contributed by atoms with van der Waals surface area (Å²) in [6, 6.07) is 0. The molecule has 2 saturated carbocycles. The van der Waals surface area contributed by atoms with Gasteiger partial charge in [-0.2, -0.15) is 5.10 Å². The van der Waals surface area contributed by atoms with Crippen molar-refractivity contribution in [2.75, 3.05) is 19.7 Å². The fraction of sp³-hybridized carbons (Fsp3) is 0.571. The predicted octanol–water partition coefficient (Wildman–Crippen LogP) is 5.49. The van der Waals surface area contributed by atoms with Crippen molar-refractivity contribution in [3.8, 4) is 0 Å². The van der Waals surface area contributed by atoms with Crippen molar-refractivity contribution in [1.82, 2.24) is 15.1 Å². The summed E-state index contributed by atoms with van der Waals surface area (Å²) in [4.78, 5) is 15.9. The molecule has 0 spiro atoms. The van der Waals surface area contributed by atoms with Gasteiger partial charge in [-0.3, -0.25) is 9.89 Å². The van der Waals surface area contributed by atoms with E-state index in [1.165, 1.54) is 30.4 Å². The number of nitrogens with one attached hydrogen (secondary N) is 1. The van der Waals surface area contributed by atoms with Crippen molar-refractivity contribution in [2.45, 2.75) is 64.4 Å². The molecule has 178 valence electrons. The van der Waals surface area contributed by atoms with Gasteiger partial charge in [-0.05, 0) is 62.5 Å². The number of rotatable bonds is 7. The maximum atomic E-state index is 13.7. The number of aromatic nitrogens is 2. The molecule has 3 aliphatic carbocycles. The Morgan fingerprint density at radius 3 is 2.64 bits per heavy atom. The minimum Gasteiger partial charge on any atom is -0.376 e. The van der Waals surface area contributed by atoms with E-state index in [0.29, 0.717) is 11.8 Å². The van der Waals surface area contributed by atoms with Crippen LogP contribution in [0.25, 0.3) is 6.08 Å². The Morgan fingerprint density at radius 2 is 2.00 bits per heavy atom. The molecule has 1 aliphatic heterocycles. The summed E-state index contributed by atoms with van der Waals surface area (Å²) in [5.74, 6) is 1.16. The van der Waals surface area contributed by atoms with E-state index in [1.54, 1.807) is 12.2 Å². The normalized spacial score (nSPS) is 28.2. The van der Waals surface area contributed by atoms with Gasteiger partial charge in [-0.15, -0.1) is 0 Å². The summed E-state index contributed by atoms with van der Waals surface area (Å²) in [5.41, 5.74) is 3.77. The third-order valence-electron chi connectivity index (χ3n) is 7.98. The summed E-state index contributed by atoms with van der Waals surface area (Å²) in [6.45, 7) is 11.8. The lowest BCUT2D eigenvalue weighted by molar-refractivity contribution is -0.141. The number of allylic oxidation sites excluding steroid dienone is 5. The molecular formula is C28H39N3O2. The van der Waals surface area contributed by atoms with Crippen LogP contribution in [0.5, 0.6) is 0 Å². The van der Waals surface area contributed by atoms with E-state index in [1.807, 2.05) is 18.3 Å². The fourth-order valence-corrected chi connectivity index (χ4v) is 5.81. The first-order valence-electron chi connectivity index (χ1n) is 12.6. The zero-order chi connectivity index (χ0) is 23.3. The number of carbonyl (C=O) groups excluding carboxylic acids is 1. The van der Waals surface area contributed by atoms with E-state index in [9.17, 15) is 4.79 Å². The lowest BCUT2D eigenvalue weighted by atomic mass is 9.69. The van der Waals surface area contributed by atoms with Crippen LogP contribution in [0.3, 0.4) is 0 Å². The highest BCUT2D eigenvalue weighted by Gasteiger charge is 2.49. The van der Waals surface area contributed by atoms with Crippen LogP contribution < -0.4 is 0 Å². The number of carbonyl (C=O) groups is 1. The van der Waals surface area contributed by atoms with Crippen molar-refractivity contribution >= 4 is 12.0 Å². The molecule has 1 aromatic rings. The Hall–Kier alpha value is -2.40. The molecule has 3 unspecified atom stereocenters. The van der Waals surface area contributed by atoms with Gasteiger partial charge in [0, 0.05) is 31.0 Å². The number of amides is 1. The van der Waals surface area contributed by atoms with E-state index in [4.69, 9.17) is 4.74 Å². The van der Waals surface area contributed by atoms with Gasteiger partial charge in [0.1, 0.15) is 0 Å². The van der Waals surface area contributed by atoms with Gasteiger partial charge in [0.05, 0.1) is 18.0 Å². The third kappa shape index (κ3) is 5.24. The highest BCUT2D eigenvalue weighted by molar-refractivity contribution is 5.82. The summed E-state index contributed by atoms with van der Waals surface area (Å²) in [5, 5.41) is 7.32. The standard InChI is InChI=1S/C22H31N3O2.C6H8/c1-22-11-16-12-23-24-20(16)10-17(22)7-8-19(22)21(26)25(13-15-4-2-5-15)14-18-6-3-9-27-18;1-3-5-6-4-2/h10,12,15,18-19H,2-9,11,13-14H2,1H3,(H,23,24);3-6H,1-2H2/b;6-5-. The second kappa shape index (κ2) is 10.7. The Morgan fingerprint density at radius 1 is 1.21 bits per heavy atom. The first-order valence-corrected chi connectivity index (χ1v) is 12.6. The Bertz CT molecular complexity index is 894. The lowest BCUT2D eigenvalue weighted by Gasteiger charge is -2.40. The SMILES string of the molecule is C=C/C=C\C=C.CC12Cc3cn[nH]c3C=C1CCC2C(=O)N(CC1CCC1)CC1CCCO1. The van der Waals surface area contributed by atoms with E-state index in [0.717, 1.165) is 57.5 Å².